The molecule has 1 aromatic carbocycles. The molecule has 1 unspecified atom stereocenters. The molecule has 7 heteroatoms. The summed E-state index contributed by atoms with van der Waals surface area (Å²) in [6, 6.07) is 10.6. The van der Waals surface area contributed by atoms with E-state index in [0.717, 1.165) is 18.2 Å². The van der Waals surface area contributed by atoms with E-state index in [0.29, 0.717) is 18.5 Å². The molecule has 6 nitrogen and oxygen atoms in total. The second-order valence-electron chi connectivity index (χ2n) is 5.59. The zero-order valence-corrected chi connectivity index (χ0v) is 13.4. The lowest BCUT2D eigenvalue weighted by Crippen LogP contribution is -2.38. The summed E-state index contributed by atoms with van der Waals surface area (Å²) in [5.41, 5.74) is 0.727. The smallest absolute Gasteiger partial charge is 0.283 e. The van der Waals surface area contributed by atoms with Crippen LogP contribution in [0.2, 0.25) is 0 Å². The van der Waals surface area contributed by atoms with E-state index in [1.807, 2.05) is 18.2 Å². The second kappa shape index (κ2) is 6.64. The first kappa shape index (κ1) is 15.9. The van der Waals surface area contributed by atoms with Crippen LogP contribution < -0.4 is 4.72 Å². The Kier molecular flexibility index (Phi) is 4.58. The number of para-hydroxylation sites is 1. The fourth-order valence-corrected chi connectivity index (χ4v) is 3.83. The lowest BCUT2D eigenvalue weighted by Gasteiger charge is -2.22. The van der Waals surface area contributed by atoms with Crippen LogP contribution in [0.4, 0.5) is 0 Å². The largest absolute Gasteiger partial charge is 0.377 e. The number of rotatable bonds is 4. The van der Waals surface area contributed by atoms with E-state index in [2.05, 4.69) is 9.71 Å². The summed E-state index contributed by atoms with van der Waals surface area (Å²) in [7, 11) is -3.75. The minimum Gasteiger partial charge on any atom is -0.377 e. The van der Waals surface area contributed by atoms with Gasteiger partial charge in [-0.15, -0.1) is 0 Å². The topological polar surface area (TPSA) is 85.4 Å². The Labute approximate surface area is 134 Å². The molecule has 1 aliphatic heterocycles. The standard InChI is InChI=1S/C16H18N2O4S/c19-16(15-9-8-12-5-1-2-7-14(12)17-15)18-23(20,21)11-13-6-3-4-10-22-13/h1-2,5,7-9,13H,3-4,6,10-11H2,(H,18,19). The van der Waals surface area contributed by atoms with Crippen molar-refractivity contribution in [2.24, 2.45) is 0 Å². The molecule has 0 spiro atoms. The molecule has 1 atom stereocenters. The van der Waals surface area contributed by atoms with Crippen molar-refractivity contribution in [1.82, 2.24) is 9.71 Å². The van der Waals surface area contributed by atoms with Gasteiger partial charge in [0.05, 0.1) is 17.4 Å². The van der Waals surface area contributed by atoms with Crippen molar-refractivity contribution in [2.45, 2.75) is 25.4 Å². The van der Waals surface area contributed by atoms with Crippen molar-refractivity contribution < 1.29 is 17.9 Å². The Morgan fingerprint density at radius 2 is 2.04 bits per heavy atom. The van der Waals surface area contributed by atoms with Crippen LogP contribution in [0.3, 0.4) is 0 Å². The number of aromatic nitrogens is 1. The molecule has 1 saturated heterocycles. The predicted molar refractivity (Wildman–Crippen MR) is 86.6 cm³/mol. The van der Waals surface area contributed by atoms with Crippen molar-refractivity contribution in [3.8, 4) is 0 Å². The van der Waals surface area contributed by atoms with E-state index in [-0.39, 0.29) is 17.6 Å². The molecule has 1 N–H and O–H groups in total. The van der Waals surface area contributed by atoms with Gasteiger partial charge in [0.1, 0.15) is 5.69 Å². The first-order valence-corrected chi connectivity index (χ1v) is 9.21. The number of hydrogen-bond donors (Lipinski definition) is 1. The van der Waals surface area contributed by atoms with Crippen molar-refractivity contribution in [1.29, 1.82) is 0 Å². The highest BCUT2D eigenvalue weighted by Gasteiger charge is 2.24. The summed E-state index contributed by atoms with van der Waals surface area (Å²) >= 11 is 0. The van der Waals surface area contributed by atoms with E-state index in [1.165, 1.54) is 6.07 Å². The molecule has 0 bridgehead atoms. The average Bonchev–Trinajstić information content (AvgIpc) is 2.54. The third-order valence-electron chi connectivity index (χ3n) is 3.76. The summed E-state index contributed by atoms with van der Waals surface area (Å²) in [4.78, 5) is 16.4. The van der Waals surface area contributed by atoms with Gasteiger partial charge in [0.25, 0.3) is 5.91 Å². The molecule has 0 saturated carbocycles. The third-order valence-corrected chi connectivity index (χ3v) is 5.07. The number of fused-ring (bicyclic) bond motifs is 1. The number of pyridine rings is 1. The molecule has 2 aromatic rings. The van der Waals surface area contributed by atoms with Gasteiger partial charge in [0.2, 0.25) is 10.0 Å². The van der Waals surface area contributed by atoms with Crippen LogP contribution in [0, 0.1) is 0 Å². The first-order chi connectivity index (χ1) is 11.0. The van der Waals surface area contributed by atoms with Crippen LogP contribution in [0.1, 0.15) is 29.8 Å². The van der Waals surface area contributed by atoms with Gasteiger partial charge in [-0.25, -0.2) is 18.1 Å². The highest BCUT2D eigenvalue weighted by atomic mass is 32.2. The van der Waals surface area contributed by atoms with Crippen LogP contribution in [0.5, 0.6) is 0 Å². The fourth-order valence-electron chi connectivity index (χ4n) is 2.61. The van der Waals surface area contributed by atoms with Gasteiger partial charge in [-0.3, -0.25) is 4.79 Å². The molecule has 0 radical (unpaired) electrons. The second-order valence-corrected chi connectivity index (χ2v) is 7.36. The quantitative estimate of drug-likeness (QED) is 0.922. The summed E-state index contributed by atoms with van der Waals surface area (Å²) < 4.78 is 31.7. The maximum Gasteiger partial charge on any atom is 0.283 e. The molecule has 1 aromatic heterocycles. The average molecular weight is 334 g/mol. The van der Waals surface area contributed by atoms with Crippen LogP contribution in [0.25, 0.3) is 10.9 Å². The van der Waals surface area contributed by atoms with E-state index in [1.54, 1.807) is 12.1 Å². The molecule has 0 aliphatic carbocycles. The number of ether oxygens (including phenoxy) is 1. The maximum absolute atomic E-state index is 12.2. The minimum atomic E-state index is -3.75. The van der Waals surface area contributed by atoms with Crippen LogP contribution in [0.15, 0.2) is 36.4 Å². The van der Waals surface area contributed by atoms with Crippen molar-refractivity contribution in [3.63, 3.8) is 0 Å². The Hall–Kier alpha value is -1.99. The van der Waals surface area contributed by atoms with Crippen LogP contribution in [-0.2, 0) is 14.8 Å². The number of nitrogens with one attached hydrogen (secondary N) is 1. The zero-order valence-electron chi connectivity index (χ0n) is 12.6. The molecular weight excluding hydrogens is 316 g/mol. The summed E-state index contributed by atoms with van der Waals surface area (Å²) in [6.45, 7) is 0.570. The van der Waals surface area contributed by atoms with Crippen LogP contribution >= 0.6 is 0 Å². The lowest BCUT2D eigenvalue weighted by atomic mass is 10.1. The van der Waals surface area contributed by atoms with E-state index < -0.39 is 15.9 Å². The summed E-state index contributed by atoms with van der Waals surface area (Å²) in [6.07, 6.45) is 2.24. The monoisotopic (exact) mass is 334 g/mol. The van der Waals surface area contributed by atoms with E-state index >= 15 is 0 Å². The molecule has 2 heterocycles. The molecule has 122 valence electrons. The molecule has 1 fully saturated rings. The predicted octanol–water partition coefficient (Wildman–Crippen LogP) is 1.86. The zero-order chi connectivity index (χ0) is 16.3. The molecule has 1 aliphatic rings. The highest BCUT2D eigenvalue weighted by Crippen LogP contribution is 2.15. The van der Waals surface area contributed by atoms with Crippen molar-refractivity contribution in [3.05, 3.63) is 42.1 Å². The Morgan fingerprint density at radius 1 is 1.22 bits per heavy atom. The van der Waals surface area contributed by atoms with Crippen LogP contribution in [-0.4, -0.2) is 37.8 Å². The molecular formula is C16H18N2O4S. The van der Waals surface area contributed by atoms with Crippen molar-refractivity contribution >= 4 is 26.8 Å². The summed E-state index contributed by atoms with van der Waals surface area (Å²) in [5, 5.41) is 0.891. The van der Waals surface area contributed by atoms with Crippen molar-refractivity contribution in [2.75, 3.05) is 12.4 Å². The number of hydrogen-bond acceptors (Lipinski definition) is 5. The Morgan fingerprint density at radius 3 is 2.83 bits per heavy atom. The summed E-state index contributed by atoms with van der Waals surface area (Å²) in [5.74, 6) is -0.918. The molecule has 3 rings (SSSR count). The molecule has 1 amide bonds. The maximum atomic E-state index is 12.2. The number of nitrogens with zero attached hydrogens (tertiary/aromatic N) is 1. The SMILES string of the molecule is O=C(NS(=O)(=O)CC1CCCCO1)c1ccc2ccccc2n1. The Balaban J connectivity index is 1.71. The van der Waals surface area contributed by atoms with Gasteiger partial charge in [0.15, 0.2) is 0 Å². The number of benzene rings is 1. The first-order valence-electron chi connectivity index (χ1n) is 7.56. The van der Waals surface area contributed by atoms with Gasteiger partial charge in [-0.2, -0.15) is 0 Å². The fraction of sp³-hybridized carbons (Fsp3) is 0.375. The van der Waals surface area contributed by atoms with Gasteiger partial charge in [0, 0.05) is 12.0 Å². The number of sulfonamides is 1. The van der Waals surface area contributed by atoms with E-state index in [4.69, 9.17) is 4.74 Å². The van der Waals surface area contributed by atoms with Gasteiger partial charge < -0.3 is 4.74 Å². The molecule has 23 heavy (non-hydrogen) atoms. The van der Waals surface area contributed by atoms with Gasteiger partial charge in [-0.1, -0.05) is 24.3 Å². The number of carbonyl (C=O) groups excluding carboxylic acids is 1. The normalized spacial score (nSPS) is 18.7. The van der Waals surface area contributed by atoms with Gasteiger partial charge >= 0.3 is 0 Å². The van der Waals surface area contributed by atoms with Gasteiger partial charge in [-0.05, 0) is 31.4 Å². The lowest BCUT2D eigenvalue weighted by molar-refractivity contribution is 0.0304. The Bertz CT molecular complexity index is 814. The van der Waals surface area contributed by atoms with E-state index in [9.17, 15) is 13.2 Å². The number of carbonyl (C=O) groups is 1. The third kappa shape index (κ3) is 4.05. The minimum absolute atomic E-state index is 0.0804. The number of amides is 1. The highest BCUT2D eigenvalue weighted by molar-refractivity contribution is 7.90.